The van der Waals surface area contributed by atoms with Gasteiger partial charge in [0.15, 0.2) is 0 Å². The molecule has 0 spiro atoms. The summed E-state index contributed by atoms with van der Waals surface area (Å²) in [5.74, 6) is 0.0173. The van der Waals surface area contributed by atoms with E-state index >= 15 is 0 Å². The third kappa shape index (κ3) is 6.89. The molecular weight excluding hydrogens is 325 g/mol. The zero-order valence-corrected chi connectivity index (χ0v) is 14.0. The van der Waals surface area contributed by atoms with E-state index in [2.05, 4.69) is 20.7 Å². The monoisotopic (exact) mass is 345 g/mol. The van der Waals surface area contributed by atoms with Crippen LogP contribution in [0.1, 0.15) is 18.4 Å². The second-order valence-corrected chi connectivity index (χ2v) is 4.54. The van der Waals surface area contributed by atoms with E-state index in [1.165, 1.54) is 0 Å². The summed E-state index contributed by atoms with van der Waals surface area (Å²) in [5.41, 5.74) is 1.85. The molecule has 0 aromatic carbocycles. The highest BCUT2D eigenvalue weighted by molar-refractivity contribution is 5.90. The van der Waals surface area contributed by atoms with E-state index in [9.17, 15) is 4.79 Å². The molecule has 0 aliphatic rings. The molecule has 0 bridgehead atoms. The zero-order valence-electron chi connectivity index (χ0n) is 12.4. The Kier molecular flexibility index (Phi) is 10.2. The lowest BCUT2D eigenvalue weighted by Gasteiger charge is -2.02. The molecule has 6 nitrogen and oxygen atoms in total. The molecule has 2 heterocycles. The van der Waals surface area contributed by atoms with Crippen molar-refractivity contribution in [1.29, 1.82) is 0 Å². The van der Waals surface area contributed by atoms with Crippen molar-refractivity contribution in [2.45, 2.75) is 19.4 Å². The molecule has 0 saturated carbocycles. The summed E-state index contributed by atoms with van der Waals surface area (Å²) in [6, 6.07) is 3.88. The van der Waals surface area contributed by atoms with E-state index in [1.54, 1.807) is 23.3 Å². The second kappa shape index (κ2) is 11.0. The van der Waals surface area contributed by atoms with Crippen molar-refractivity contribution in [1.82, 2.24) is 20.1 Å². The van der Waals surface area contributed by atoms with E-state index in [4.69, 9.17) is 0 Å². The van der Waals surface area contributed by atoms with Crippen LogP contribution in [0.5, 0.6) is 0 Å². The maximum absolute atomic E-state index is 11.7. The lowest BCUT2D eigenvalue weighted by Crippen LogP contribution is -2.14. The summed E-state index contributed by atoms with van der Waals surface area (Å²) in [5, 5.41) is 10.1. The van der Waals surface area contributed by atoms with Crippen molar-refractivity contribution >= 4 is 36.4 Å². The Morgan fingerprint density at radius 3 is 2.68 bits per heavy atom. The predicted molar refractivity (Wildman–Crippen MR) is 91.9 cm³/mol. The topological polar surface area (TPSA) is 71.8 Å². The van der Waals surface area contributed by atoms with E-state index in [0.29, 0.717) is 13.0 Å². The van der Waals surface area contributed by atoms with Crippen LogP contribution >= 0.6 is 24.8 Å². The fraction of sp³-hybridized carbons (Fsp3) is 0.357. The van der Waals surface area contributed by atoms with Gasteiger partial charge in [-0.3, -0.25) is 14.5 Å². The minimum absolute atomic E-state index is 0. The lowest BCUT2D eigenvalue weighted by molar-refractivity contribution is -0.116. The normalized spacial score (nSPS) is 9.50. The van der Waals surface area contributed by atoms with Gasteiger partial charge >= 0.3 is 0 Å². The molecule has 0 atom stereocenters. The molecule has 0 saturated heterocycles. The number of aromatic nitrogens is 3. The Morgan fingerprint density at radius 1 is 1.27 bits per heavy atom. The van der Waals surface area contributed by atoms with Crippen molar-refractivity contribution in [2.75, 3.05) is 18.9 Å². The smallest absolute Gasteiger partial charge is 0.224 e. The fourth-order valence-electron chi connectivity index (χ4n) is 1.84. The Hall–Kier alpha value is -1.63. The number of pyridine rings is 1. The van der Waals surface area contributed by atoms with Crippen LogP contribution in [0.4, 0.5) is 5.69 Å². The number of nitrogens with one attached hydrogen (secondary N) is 2. The van der Waals surface area contributed by atoms with Crippen LogP contribution in [-0.4, -0.2) is 34.3 Å². The Labute approximate surface area is 142 Å². The van der Waals surface area contributed by atoms with Crippen LogP contribution in [0.2, 0.25) is 0 Å². The molecule has 8 heteroatoms. The van der Waals surface area contributed by atoms with Gasteiger partial charge in [-0.25, -0.2) is 0 Å². The van der Waals surface area contributed by atoms with Gasteiger partial charge in [-0.2, -0.15) is 5.10 Å². The minimum Gasteiger partial charge on any atom is -0.323 e. The summed E-state index contributed by atoms with van der Waals surface area (Å²) >= 11 is 0. The first-order chi connectivity index (χ1) is 9.78. The minimum atomic E-state index is 0. The molecule has 22 heavy (non-hydrogen) atoms. The molecule has 0 aliphatic heterocycles. The Morgan fingerprint density at radius 2 is 2.00 bits per heavy atom. The molecule has 1 amide bonds. The summed E-state index contributed by atoms with van der Waals surface area (Å²) in [6.45, 7) is 1.51. The molecule has 0 unspecified atom stereocenters. The summed E-state index contributed by atoms with van der Waals surface area (Å²) in [7, 11) is 1.88. The SMILES string of the molecule is CNCCCC(=O)Nc1cnn(Cc2ccncc2)c1.Cl.Cl. The van der Waals surface area contributed by atoms with Crippen molar-refractivity contribution in [2.24, 2.45) is 0 Å². The lowest BCUT2D eigenvalue weighted by atomic mass is 10.3. The van der Waals surface area contributed by atoms with Crippen LogP contribution in [0.15, 0.2) is 36.9 Å². The average molecular weight is 346 g/mol. The zero-order chi connectivity index (χ0) is 14.2. The summed E-state index contributed by atoms with van der Waals surface area (Å²) in [6.07, 6.45) is 8.34. The largest absolute Gasteiger partial charge is 0.323 e. The molecular formula is C14H21Cl2N5O. The molecule has 2 N–H and O–H groups in total. The predicted octanol–water partition coefficient (Wildman–Crippen LogP) is 2.11. The van der Waals surface area contributed by atoms with Gasteiger partial charge in [0.2, 0.25) is 5.91 Å². The second-order valence-electron chi connectivity index (χ2n) is 4.54. The number of anilines is 1. The molecule has 122 valence electrons. The van der Waals surface area contributed by atoms with Crippen molar-refractivity contribution in [3.8, 4) is 0 Å². The van der Waals surface area contributed by atoms with Gasteiger partial charge in [0, 0.05) is 25.0 Å². The summed E-state index contributed by atoms with van der Waals surface area (Å²) in [4.78, 5) is 15.6. The van der Waals surface area contributed by atoms with Crippen molar-refractivity contribution < 1.29 is 4.79 Å². The van der Waals surface area contributed by atoms with E-state index < -0.39 is 0 Å². The molecule has 0 radical (unpaired) electrons. The van der Waals surface area contributed by atoms with Gasteiger partial charge in [0.25, 0.3) is 0 Å². The number of carbonyl (C=O) groups is 1. The molecule has 2 rings (SSSR count). The number of hydrogen-bond acceptors (Lipinski definition) is 4. The third-order valence-corrected chi connectivity index (χ3v) is 2.84. The Bertz CT molecular complexity index is 547. The fourth-order valence-corrected chi connectivity index (χ4v) is 1.84. The quantitative estimate of drug-likeness (QED) is 0.754. The van der Waals surface area contributed by atoms with Gasteiger partial charge in [-0.15, -0.1) is 24.8 Å². The van der Waals surface area contributed by atoms with Crippen LogP contribution in [-0.2, 0) is 11.3 Å². The first kappa shape index (κ1) is 20.4. The third-order valence-electron chi connectivity index (χ3n) is 2.84. The van der Waals surface area contributed by atoms with Gasteiger partial charge in [-0.05, 0) is 37.7 Å². The van der Waals surface area contributed by atoms with E-state index in [0.717, 1.165) is 24.2 Å². The number of halogens is 2. The number of nitrogens with zero attached hydrogens (tertiary/aromatic N) is 3. The molecule has 2 aromatic heterocycles. The van der Waals surface area contributed by atoms with Crippen molar-refractivity contribution in [3.63, 3.8) is 0 Å². The first-order valence-corrected chi connectivity index (χ1v) is 6.64. The number of carbonyl (C=O) groups excluding carboxylic acids is 1. The number of hydrogen-bond donors (Lipinski definition) is 2. The first-order valence-electron chi connectivity index (χ1n) is 6.64. The van der Waals surface area contributed by atoms with E-state index in [-0.39, 0.29) is 30.7 Å². The van der Waals surface area contributed by atoms with E-state index in [1.807, 2.05) is 25.4 Å². The van der Waals surface area contributed by atoms with Crippen LogP contribution in [0.25, 0.3) is 0 Å². The van der Waals surface area contributed by atoms with Gasteiger partial charge in [0.1, 0.15) is 0 Å². The van der Waals surface area contributed by atoms with Crippen LogP contribution < -0.4 is 10.6 Å². The molecule has 2 aromatic rings. The van der Waals surface area contributed by atoms with Gasteiger partial charge in [-0.1, -0.05) is 0 Å². The van der Waals surface area contributed by atoms with Gasteiger partial charge in [0.05, 0.1) is 18.4 Å². The van der Waals surface area contributed by atoms with Crippen molar-refractivity contribution in [3.05, 3.63) is 42.5 Å². The van der Waals surface area contributed by atoms with Gasteiger partial charge < -0.3 is 10.6 Å². The highest BCUT2D eigenvalue weighted by Crippen LogP contribution is 2.08. The number of amides is 1. The number of rotatable bonds is 7. The highest BCUT2D eigenvalue weighted by Gasteiger charge is 2.04. The highest BCUT2D eigenvalue weighted by atomic mass is 35.5. The van der Waals surface area contributed by atoms with Crippen LogP contribution in [0, 0.1) is 0 Å². The van der Waals surface area contributed by atoms with Crippen LogP contribution in [0.3, 0.4) is 0 Å². The summed E-state index contributed by atoms with van der Waals surface area (Å²) < 4.78 is 1.79. The molecule has 0 fully saturated rings. The Balaban J connectivity index is 0.00000220. The maximum atomic E-state index is 11.7. The molecule has 0 aliphatic carbocycles. The standard InChI is InChI=1S/C14H19N5O.2ClH/c1-15-6-2-3-14(20)18-13-9-17-19(11-13)10-12-4-7-16-8-5-12;;/h4-5,7-9,11,15H,2-3,6,10H2,1H3,(H,18,20);2*1H. The average Bonchev–Trinajstić information content (AvgIpc) is 2.87. The maximum Gasteiger partial charge on any atom is 0.224 e.